The second kappa shape index (κ2) is 4.39. The molecule has 2 rings (SSSR count). The summed E-state index contributed by atoms with van der Waals surface area (Å²) < 4.78 is 0. The highest BCUT2D eigenvalue weighted by Gasteiger charge is 2.18. The van der Waals surface area contributed by atoms with Crippen molar-refractivity contribution in [1.82, 2.24) is 0 Å². The van der Waals surface area contributed by atoms with Crippen molar-refractivity contribution in [1.29, 1.82) is 5.26 Å². The lowest BCUT2D eigenvalue weighted by molar-refractivity contribution is 0.493. The molecule has 0 spiro atoms. The molecule has 0 radical (unpaired) electrons. The largest absolute Gasteiger partial charge is 0.383 e. The summed E-state index contributed by atoms with van der Waals surface area (Å²) in [5, 5.41) is 12.4. The average molecular weight is 232 g/mol. The highest BCUT2D eigenvalue weighted by Crippen LogP contribution is 2.33. The Morgan fingerprint density at radius 3 is 3.06 bits per heavy atom. The van der Waals surface area contributed by atoms with Crippen LogP contribution in [0.4, 0.5) is 5.69 Å². The maximum absolute atomic E-state index is 9.02. The van der Waals surface area contributed by atoms with Gasteiger partial charge in [0.1, 0.15) is 0 Å². The van der Waals surface area contributed by atoms with Crippen molar-refractivity contribution in [2.75, 3.05) is 17.6 Å². The van der Waals surface area contributed by atoms with Crippen LogP contribution in [0.1, 0.15) is 19.4 Å². The zero-order valence-electron chi connectivity index (χ0n) is 9.71. The fourth-order valence-electron chi connectivity index (χ4n) is 1.85. The number of fused-ring (bicyclic) bond motifs is 1. The molecule has 1 heterocycles. The Labute approximate surface area is 101 Å². The molecule has 0 aliphatic carbocycles. The fraction of sp³-hybridized carbons (Fsp3) is 0.462. The van der Waals surface area contributed by atoms with E-state index in [1.54, 1.807) is 0 Å². The molecule has 0 fully saturated rings. The quantitative estimate of drug-likeness (QED) is 0.850. The minimum Gasteiger partial charge on any atom is -0.383 e. The van der Waals surface area contributed by atoms with E-state index in [0.717, 1.165) is 18.7 Å². The molecule has 16 heavy (non-hydrogen) atoms. The van der Waals surface area contributed by atoms with Gasteiger partial charge in [0.2, 0.25) is 0 Å². The molecular weight excluding hydrogens is 216 g/mol. The Hall–Kier alpha value is -1.14. The molecule has 1 aliphatic rings. The van der Waals surface area contributed by atoms with Crippen LogP contribution in [0.3, 0.4) is 0 Å². The molecule has 1 aromatic rings. The summed E-state index contributed by atoms with van der Waals surface area (Å²) in [5.74, 6) is 1.13. The van der Waals surface area contributed by atoms with Crippen molar-refractivity contribution in [2.45, 2.75) is 25.2 Å². The first-order valence-corrected chi connectivity index (χ1v) is 6.50. The van der Waals surface area contributed by atoms with E-state index in [2.05, 4.69) is 29.6 Å². The van der Waals surface area contributed by atoms with Crippen molar-refractivity contribution in [2.24, 2.45) is 5.41 Å². The molecule has 0 unspecified atom stereocenters. The van der Waals surface area contributed by atoms with Crippen LogP contribution in [-0.2, 0) is 6.42 Å². The van der Waals surface area contributed by atoms with Gasteiger partial charge in [-0.3, -0.25) is 0 Å². The van der Waals surface area contributed by atoms with E-state index in [4.69, 9.17) is 5.26 Å². The Bertz CT molecular complexity index is 432. The van der Waals surface area contributed by atoms with Gasteiger partial charge in [-0.15, -0.1) is 11.8 Å². The van der Waals surface area contributed by atoms with Gasteiger partial charge < -0.3 is 5.32 Å². The molecule has 0 saturated carbocycles. The van der Waals surface area contributed by atoms with Crippen molar-refractivity contribution < 1.29 is 0 Å². The average Bonchev–Trinajstić information content (AvgIpc) is 2.28. The predicted octanol–water partition coefficient (Wildman–Crippen LogP) is 3.30. The Kier molecular flexibility index (Phi) is 3.11. The van der Waals surface area contributed by atoms with E-state index in [1.165, 1.54) is 16.1 Å². The summed E-state index contributed by atoms with van der Waals surface area (Å²) in [6.07, 6.45) is 0.809. The number of hydrogen-bond acceptors (Lipinski definition) is 3. The van der Waals surface area contributed by atoms with Gasteiger partial charge >= 0.3 is 0 Å². The first kappa shape index (κ1) is 11.3. The molecule has 2 nitrogen and oxygen atoms in total. The third kappa shape index (κ3) is 2.51. The summed E-state index contributed by atoms with van der Waals surface area (Å²) in [5.41, 5.74) is 2.18. The van der Waals surface area contributed by atoms with Crippen molar-refractivity contribution in [3.63, 3.8) is 0 Å². The Morgan fingerprint density at radius 1 is 1.50 bits per heavy atom. The first-order valence-electron chi connectivity index (χ1n) is 5.52. The van der Waals surface area contributed by atoms with E-state index in [9.17, 15) is 0 Å². The lowest BCUT2D eigenvalue weighted by Crippen LogP contribution is -2.14. The first-order chi connectivity index (χ1) is 7.61. The number of hydrogen-bond donors (Lipinski definition) is 1. The van der Waals surface area contributed by atoms with Gasteiger partial charge in [0.15, 0.2) is 0 Å². The number of thioether (sulfide) groups is 1. The van der Waals surface area contributed by atoms with Crippen molar-refractivity contribution in [3.8, 4) is 6.07 Å². The molecule has 0 amide bonds. The summed E-state index contributed by atoms with van der Waals surface area (Å²) in [6.45, 7) is 4.99. The van der Waals surface area contributed by atoms with Crippen molar-refractivity contribution >= 4 is 17.4 Å². The summed E-state index contributed by atoms with van der Waals surface area (Å²) >= 11 is 1.89. The second-order valence-corrected chi connectivity index (χ2v) is 5.91. The van der Waals surface area contributed by atoms with Crippen LogP contribution < -0.4 is 5.32 Å². The highest BCUT2D eigenvalue weighted by molar-refractivity contribution is 7.99. The molecule has 3 heteroatoms. The number of nitrogens with zero attached hydrogens (tertiary/aromatic N) is 1. The van der Waals surface area contributed by atoms with E-state index >= 15 is 0 Å². The van der Waals surface area contributed by atoms with Gasteiger partial charge in [0.25, 0.3) is 0 Å². The van der Waals surface area contributed by atoms with Crippen LogP contribution in [0.25, 0.3) is 0 Å². The molecule has 0 aromatic heterocycles. The van der Waals surface area contributed by atoms with Crippen LogP contribution in [0.2, 0.25) is 0 Å². The number of rotatable bonds is 2. The molecule has 1 N–H and O–H groups in total. The van der Waals surface area contributed by atoms with Gasteiger partial charge in [-0.1, -0.05) is 6.07 Å². The minimum absolute atomic E-state index is 0.282. The van der Waals surface area contributed by atoms with Crippen LogP contribution in [0.5, 0.6) is 0 Å². The van der Waals surface area contributed by atoms with E-state index in [0.29, 0.717) is 0 Å². The number of nitriles is 1. The Balaban J connectivity index is 2.21. The number of benzene rings is 1. The molecule has 0 bridgehead atoms. The predicted molar refractivity (Wildman–Crippen MR) is 68.8 cm³/mol. The third-order valence-corrected chi connectivity index (χ3v) is 3.74. The molecule has 0 atom stereocenters. The molecule has 1 aromatic carbocycles. The summed E-state index contributed by atoms with van der Waals surface area (Å²) in [4.78, 5) is 1.32. The molecule has 0 saturated heterocycles. The lowest BCUT2D eigenvalue weighted by atomic mass is 9.87. The van der Waals surface area contributed by atoms with Gasteiger partial charge in [-0.05, 0) is 38.0 Å². The zero-order valence-corrected chi connectivity index (χ0v) is 10.5. The maximum atomic E-state index is 9.02. The number of anilines is 1. The summed E-state index contributed by atoms with van der Waals surface area (Å²) in [7, 11) is 0. The molecular formula is C13H16N2S. The number of nitrogens with one attached hydrogen (secondary N) is 1. The fourth-order valence-corrected chi connectivity index (χ4v) is 2.72. The van der Waals surface area contributed by atoms with Gasteiger partial charge in [-0.2, -0.15) is 5.26 Å². The lowest BCUT2D eigenvalue weighted by Gasteiger charge is -2.20. The van der Waals surface area contributed by atoms with Crippen LogP contribution in [0, 0.1) is 16.7 Å². The normalized spacial score (nSPS) is 14.8. The molecule has 84 valence electrons. The standard InChI is InChI=1S/C13H16N2S/c1-13(2,9-14)8-10-3-4-12-11(7-10)15-5-6-16-12/h3-4,7,15H,5-6,8H2,1-2H3. The zero-order chi connectivity index (χ0) is 11.6. The van der Waals surface area contributed by atoms with Gasteiger partial charge in [0.05, 0.1) is 11.5 Å². The van der Waals surface area contributed by atoms with Crippen LogP contribution in [-0.4, -0.2) is 12.3 Å². The van der Waals surface area contributed by atoms with Crippen LogP contribution in [0.15, 0.2) is 23.1 Å². The SMILES string of the molecule is CC(C)(C#N)Cc1ccc2c(c1)NCCS2. The van der Waals surface area contributed by atoms with Crippen LogP contribution >= 0.6 is 11.8 Å². The van der Waals surface area contributed by atoms with E-state index < -0.39 is 0 Å². The van der Waals surface area contributed by atoms with Gasteiger partial charge in [-0.25, -0.2) is 0 Å². The van der Waals surface area contributed by atoms with E-state index in [-0.39, 0.29) is 5.41 Å². The monoisotopic (exact) mass is 232 g/mol. The van der Waals surface area contributed by atoms with Crippen molar-refractivity contribution in [3.05, 3.63) is 23.8 Å². The minimum atomic E-state index is -0.282. The Morgan fingerprint density at radius 2 is 2.31 bits per heavy atom. The third-order valence-electron chi connectivity index (χ3n) is 2.67. The highest BCUT2D eigenvalue weighted by atomic mass is 32.2. The molecule has 1 aliphatic heterocycles. The maximum Gasteiger partial charge on any atom is 0.0687 e. The smallest absolute Gasteiger partial charge is 0.0687 e. The van der Waals surface area contributed by atoms with E-state index in [1.807, 2.05) is 25.6 Å². The summed E-state index contributed by atoms with van der Waals surface area (Å²) in [6, 6.07) is 8.82. The second-order valence-electron chi connectivity index (χ2n) is 4.78. The van der Waals surface area contributed by atoms with Gasteiger partial charge in [0, 0.05) is 22.9 Å². The topological polar surface area (TPSA) is 35.8 Å².